The predicted molar refractivity (Wildman–Crippen MR) is 104 cm³/mol. The summed E-state index contributed by atoms with van der Waals surface area (Å²) < 4.78 is 20.6. The van der Waals surface area contributed by atoms with Gasteiger partial charge in [0.25, 0.3) is 0 Å². The lowest BCUT2D eigenvalue weighted by atomic mass is 10.1. The van der Waals surface area contributed by atoms with Gasteiger partial charge >= 0.3 is 17.9 Å². The fraction of sp³-hybridized carbons (Fsp3) is 0.143. The summed E-state index contributed by atoms with van der Waals surface area (Å²) in [6, 6.07) is 8.42. The molecular weight excluding hydrogens is 396 g/mol. The van der Waals surface area contributed by atoms with Gasteiger partial charge in [0.2, 0.25) is 5.75 Å². The van der Waals surface area contributed by atoms with E-state index in [2.05, 4.69) is 0 Å². The molecule has 0 aliphatic carbocycles. The van der Waals surface area contributed by atoms with Gasteiger partial charge in [0.1, 0.15) is 22.5 Å². The van der Waals surface area contributed by atoms with Gasteiger partial charge in [-0.2, -0.15) is 0 Å². The Balaban J connectivity index is 2.18. The Bertz CT molecular complexity index is 1220. The minimum Gasteiger partial charge on any atom is -0.504 e. The van der Waals surface area contributed by atoms with Gasteiger partial charge in [-0.15, -0.1) is 0 Å². The fourth-order valence-corrected chi connectivity index (χ4v) is 2.74. The lowest BCUT2D eigenvalue weighted by Gasteiger charge is -2.13. The first kappa shape index (κ1) is 20.6. The van der Waals surface area contributed by atoms with Crippen molar-refractivity contribution >= 4 is 28.9 Å². The van der Waals surface area contributed by atoms with E-state index in [9.17, 15) is 24.3 Å². The zero-order valence-corrected chi connectivity index (χ0v) is 16.2. The molecule has 0 aliphatic heterocycles. The minimum atomic E-state index is -0.792. The standard InChI is InChI=1S/C21H16O9/c1-10(22)27-14-6-4-13(5-7-14)17-8-15(25)19-18(30-17)9-16(26)20(28-11(2)23)21(19)29-12(3)24/h4-9,26H,1-3H3. The normalized spacial score (nSPS) is 10.5. The number of hydrogen-bond donors (Lipinski definition) is 1. The largest absolute Gasteiger partial charge is 0.504 e. The summed E-state index contributed by atoms with van der Waals surface area (Å²) in [5, 5.41) is 10.1. The second-order valence-electron chi connectivity index (χ2n) is 6.21. The highest BCUT2D eigenvalue weighted by atomic mass is 16.6. The third-order valence-electron chi connectivity index (χ3n) is 3.80. The maximum atomic E-state index is 12.8. The number of ether oxygens (including phenoxy) is 3. The number of fused-ring (bicyclic) bond motifs is 1. The van der Waals surface area contributed by atoms with Gasteiger partial charge in [0.05, 0.1) is 0 Å². The second kappa shape index (κ2) is 8.08. The fourth-order valence-electron chi connectivity index (χ4n) is 2.74. The summed E-state index contributed by atoms with van der Waals surface area (Å²) in [6.45, 7) is 3.45. The number of esters is 3. The molecule has 2 aromatic carbocycles. The highest BCUT2D eigenvalue weighted by Crippen LogP contribution is 2.43. The number of carbonyl (C=O) groups is 3. The van der Waals surface area contributed by atoms with Crippen LogP contribution in [0, 0.1) is 0 Å². The van der Waals surface area contributed by atoms with Crippen LogP contribution in [0.3, 0.4) is 0 Å². The minimum absolute atomic E-state index is 0.0915. The SMILES string of the molecule is CC(=O)Oc1ccc(-c2cc(=O)c3c(OC(C)=O)c(OC(C)=O)c(O)cc3o2)cc1. The molecule has 1 aromatic heterocycles. The zero-order chi connectivity index (χ0) is 22.0. The first-order chi connectivity index (χ1) is 14.2. The van der Waals surface area contributed by atoms with Gasteiger partial charge in [0, 0.05) is 38.5 Å². The second-order valence-corrected chi connectivity index (χ2v) is 6.21. The van der Waals surface area contributed by atoms with Crippen molar-refractivity contribution in [3.63, 3.8) is 0 Å². The maximum absolute atomic E-state index is 12.8. The van der Waals surface area contributed by atoms with E-state index in [1.165, 1.54) is 19.1 Å². The molecule has 0 atom stereocenters. The molecular formula is C21H16O9. The molecule has 1 heterocycles. The summed E-state index contributed by atoms with van der Waals surface area (Å²) in [4.78, 5) is 46.7. The number of phenolic OH excluding ortho intramolecular Hbond substituents is 1. The smallest absolute Gasteiger partial charge is 0.308 e. The number of rotatable bonds is 4. The number of aromatic hydroxyl groups is 1. The highest BCUT2D eigenvalue weighted by molar-refractivity contribution is 5.93. The van der Waals surface area contributed by atoms with Crippen molar-refractivity contribution in [1.29, 1.82) is 0 Å². The summed E-state index contributed by atoms with van der Waals surface area (Å²) in [5.74, 6) is -3.03. The van der Waals surface area contributed by atoms with Crippen molar-refractivity contribution in [2.24, 2.45) is 0 Å². The summed E-state index contributed by atoms with van der Waals surface area (Å²) >= 11 is 0. The summed E-state index contributed by atoms with van der Waals surface area (Å²) in [5.41, 5.74) is -0.200. The third kappa shape index (κ3) is 4.30. The molecule has 0 bridgehead atoms. The molecule has 9 heteroatoms. The third-order valence-corrected chi connectivity index (χ3v) is 3.80. The average molecular weight is 412 g/mol. The van der Waals surface area contributed by atoms with Crippen LogP contribution in [0.5, 0.6) is 23.0 Å². The van der Waals surface area contributed by atoms with Crippen molar-refractivity contribution in [3.05, 3.63) is 46.6 Å². The zero-order valence-electron chi connectivity index (χ0n) is 16.2. The molecule has 1 N–H and O–H groups in total. The maximum Gasteiger partial charge on any atom is 0.308 e. The Morgan fingerprint density at radius 3 is 1.97 bits per heavy atom. The number of hydrogen-bond acceptors (Lipinski definition) is 9. The molecule has 30 heavy (non-hydrogen) atoms. The van der Waals surface area contributed by atoms with Gasteiger partial charge in [0.15, 0.2) is 16.9 Å². The van der Waals surface area contributed by atoms with Crippen LogP contribution in [0.4, 0.5) is 0 Å². The lowest BCUT2D eigenvalue weighted by Crippen LogP contribution is -2.11. The Morgan fingerprint density at radius 1 is 0.833 bits per heavy atom. The van der Waals surface area contributed by atoms with Crippen molar-refractivity contribution in [3.8, 4) is 34.3 Å². The van der Waals surface area contributed by atoms with Crippen molar-refractivity contribution in [2.45, 2.75) is 20.8 Å². The molecule has 0 radical (unpaired) electrons. The molecule has 0 spiro atoms. The van der Waals surface area contributed by atoms with E-state index in [1.54, 1.807) is 12.1 Å². The predicted octanol–water partition coefficient (Wildman–Crippen LogP) is 2.94. The first-order valence-electron chi connectivity index (χ1n) is 8.65. The number of carbonyl (C=O) groups excluding carboxylic acids is 3. The highest BCUT2D eigenvalue weighted by Gasteiger charge is 2.23. The van der Waals surface area contributed by atoms with E-state index in [0.29, 0.717) is 11.3 Å². The molecule has 0 fully saturated rings. The lowest BCUT2D eigenvalue weighted by molar-refractivity contribution is -0.134. The molecule has 3 aromatic rings. The van der Waals surface area contributed by atoms with Gasteiger partial charge in [-0.25, -0.2) is 0 Å². The van der Waals surface area contributed by atoms with Crippen LogP contribution in [0.1, 0.15) is 20.8 Å². The Morgan fingerprint density at radius 2 is 1.40 bits per heavy atom. The van der Waals surface area contributed by atoms with Crippen LogP contribution < -0.4 is 19.6 Å². The Labute approximate surface area is 169 Å². The van der Waals surface area contributed by atoms with Gasteiger partial charge in [-0.1, -0.05) is 0 Å². The quantitative estimate of drug-likeness (QED) is 0.508. The van der Waals surface area contributed by atoms with Crippen molar-refractivity contribution in [2.75, 3.05) is 0 Å². The summed E-state index contributed by atoms with van der Waals surface area (Å²) in [6.07, 6.45) is 0. The van der Waals surface area contributed by atoms with Crippen LogP contribution >= 0.6 is 0 Å². The van der Waals surface area contributed by atoms with E-state index >= 15 is 0 Å². The average Bonchev–Trinajstić information content (AvgIpc) is 2.63. The van der Waals surface area contributed by atoms with E-state index < -0.39 is 40.6 Å². The number of benzene rings is 2. The first-order valence-corrected chi connectivity index (χ1v) is 8.65. The molecule has 0 unspecified atom stereocenters. The summed E-state index contributed by atoms with van der Waals surface area (Å²) in [7, 11) is 0. The molecule has 0 aliphatic rings. The van der Waals surface area contributed by atoms with Crippen molar-refractivity contribution in [1.82, 2.24) is 0 Å². The molecule has 0 saturated heterocycles. The molecule has 154 valence electrons. The van der Waals surface area contributed by atoms with Crippen LogP contribution in [0.25, 0.3) is 22.3 Å². The Kier molecular flexibility index (Phi) is 5.54. The van der Waals surface area contributed by atoms with Gasteiger partial charge in [-0.3, -0.25) is 19.2 Å². The molecule has 0 saturated carbocycles. The van der Waals surface area contributed by atoms with Crippen LogP contribution in [0.15, 0.2) is 45.6 Å². The topological polar surface area (TPSA) is 129 Å². The molecule has 9 nitrogen and oxygen atoms in total. The van der Waals surface area contributed by atoms with Crippen molar-refractivity contribution < 1.29 is 38.1 Å². The van der Waals surface area contributed by atoms with Gasteiger partial charge in [-0.05, 0) is 24.3 Å². The van der Waals surface area contributed by atoms with E-state index in [1.807, 2.05) is 0 Å². The van der Waals surface area contributed by atoms with Gasteiger partial charge < -0.3 is 23.7 Å². The van der Waals surface area contributed by atoms with Crippen LogP contribution in [-0.4, -0.2) is 23.0 Å². The molecule has 3 rings (SSSR count). The Hall–Kier alpha value is -4.14. The van der Waals surface area contributed by atoms with Crippen LogP contribution in [0.2, 0.25) is 0 Å². The van der Waals surface area contributed by atoms with E-state index in [4.69, 9.17) is 18.6 Å². The monoisotopic (exact) mass is 412 g/mol. The van der Waals surface area contributed by atoms with E-state index in [-0.39, 0.29) is 16.7 Å². The van der Waals surface area contributed by atoms with Crippen LogP contribution in [-0.2, 0) is 14.4 Å². The molecule has 0 amide bonds. The van der Waals surface area contributed by atoms with E-state index in [0.717, 1.165) is 26.0 Å². The number of phenols is 1.